The third-order valence-electron chi connectivity index (χ3n) is 4.52. The Morgan fingerprint density at radius 3 is 2.54 bits per heavy atom. The van der Waals surface area contributed by atoms with Gasteiger partial charge in [0, 0.05) is 38.3 Å². The largest absolute Gasteiger partial charge is 0.339 e. The SMILES string of the molecule is Cc1cc(C(F)F)n(CC(=O)N2CCN(Cc3ccccc3F)CC2)n1. The average Bonchev–Trinajstić information content (AvgIpc) is 2.98. The number of hydrogen-bond acceptors (Lipinski definition) is 3. The summed E-state index contributed by atoms with van der Waals surface area (Å²) in [7, 11) is 0. The molecule has 2 aromatic rings. The summed E-state index contributed by atoms with van der Waals surface area (Å²) in [5.41, 5.74) is 0.845. The highest BCUT2D eigenvalue weighted by Gasteiger charge is 2.24. The molecule has 0 unspecified atom stereocenters. The fourth-order valence-electron chi connectivity index (χ4n) is 3.12. The van der Waals surface area contributed by atoms with Crippen LogP contribution >= 0.6 is 0 Å². The Morgan fingerprint density at radius 2 is 1.88 bits per heavy atom. The maximum absolute atomic E-state index is 13.7. The van der Waals surface area contributed by atoms with Crippen LogP contribution in [0.15, 0.2) is 30.3 Å². The Balaban J connectivity index is 1.55. The minimum Gasteiger partial charge on any atom is -0.339 e. The number of carbonyl (C=O) groups excluding carboxylic acids is 1. The molecule has 5 nitrogen and oxygen atoms in total. The topological polar surface area (TPSA) is 41.4 Å². The van der Waals surface area contributed by atoms with Crippen LogP contribution in [-0.4, -0.2) is 51.7 Å². The van der Waals surface area contributed by atoms with Crippen molar-refractivity contribution in [2.45, 2.75) is 26.4 Å². The number of benzene rings is 1. The lowest BCUT2D eigenvalue weighted by atomic mass is 10.2. The van der Waals surface area contributed by atoms with Gasteiger partial charge in [0.15, 0.2) is 0 Å². The fraction of sp³-hybridized carbons (Fsp3) is 0.444. The summed E-state index contributed by atoms with van der Waals surface area (Å²) in [6, 6.07) is 7.93. The van der Waals surface area contributed by atoms with Crippen LogP contribution in [0, 0.1) is 12.7 Å². The highest BCUT2D eigenvalue weighted by molar-refractivity contribution is 5.76. The number of halogens is 3. The molecule has 3 rings (SSSR count). The lowest BCUT2D eigenvalue weighted by molar-refractivity contribution is -0.134. The molecular weight excluding hydrogens is 345 g/mol. The van der Waals surface area contributed by atoms with Gasteiger partial charge in [-0.25, -0.2) is 13.2 Å². The first-order valence-electron chi connectivity index (χ1n) is 8.50. The first-order valence-corrected chi connectivity index (χ1v) is 8.50. The molecule has 140 valence electrons. The third kappa shape index (κ3) is 4.24. The van der Waals surface area contributed by atoms with Gasteiger partial charge in [0.05, 0.1) is 5.69 Å². The van der Waals surface area contributed by atoms with Crippen molar-refractivity contribution in [1.82, 2.24) is 19.6 Å². The normalized spacial score (nSPS) is 15.7. The summed E-state index contributed by atoms with van der Waals surface area (Å²) in [5, 5.41) is 3.98. The van der Waals surface area contributed by atoms with E-state index in [-0.39, 0.29) is 24.0 Å². The quantitative estimate of drug-likeness (QED) is 0.817. The molecule has 0 N–H and O–H groups in total. The van der Waals surface area contributed by atoms with E-state index in [4.69, 9.17) is 0 Å². The second-order valence-electron chi connectivity index (χ2n) is 6.42. The van der Waals surface area contributed by atoms with Crippen LogP contribution in [0.3, 0.4) is 0 Å². The molecule has 1 aliphatic heterocycles. The number of nitrogens with zero attached hydrogens (tertiary/aromatic N) is 4. The summed E-state index contributed by atoms with van der Waals surface area (Å²) >= 11 is 0. The van der Waals surface area contributed by atoms with E-state index in [1.165, 1.54) is 12.1 Å². The molecular formula is C18H21F3N4O. The molecule has 8 heteroatoms. The molecule has 26 heavy (non-hydrogen) atoms. The first-order chi connectivity index (χ1) is 12.4. The minimum atomic E-state index is -2.67. The summed E-state index contributed by atoms with van der Waals surface area (Å²) in [5.74, 6) is -0.472. The molecule has 1 aromatic heterocycles. The van der Waals surface area contributed by atoms with Gasteiger partial charge in [-0.15, -0.1) is 0 Å². The average molecular weight is 366 g/mol. The van der Waals surface area contributed by atoms with E-state index in [9.17, 15) is 18.0 Å². The van der Waals surface area contributed by atoms with Crippen LogP contribution < -0.4 is 0 Å². The van der Waals surface area contributed by atoms with E-state index in [0.717, 1.165) is 4.68 Å². The molecule has 0 aliphatic carbocycles. The van der Waals surface area contributed by atoms with Crippen molar-refractivity contribution in [3.8, 4) is 0 Å². The zero-order valence-corrected chi connectivity index (χ0v) is 14.5. The van der Waals surface area contributed by atoms with Crippen molar-refractivity contribution < 1.29 is 18.0 Å². The molecule has 0 saturated carbocycles. The van der Waals surface area contributed by atoms with Crippen molar-refractivity contribution in [2.75, 3.05) is 26.2 Å². The first kappa shape index (κ1) is 18.4. The third-order valence-corrected chi connectivity index (χ3v) is 4.52. The molecule has 0 radical (unpaired) electrons. The molecule has 2 heterocycles. The van der Waals surface area contributed by atoms with Crippen LogP contribution in [0.2, 0.25) is 0 Å². The van der Waals surface area contributed by atoms with E-state index in [2.05, 4.69) is 10.00 Å². The van der Waals surface area contributed by atoms with Crippen LogP contribution in [0.5, 0.6) is 0 Å². The highest BCUT2D eigenvalue weighted by atomic mass is 19.3. The fourth-order valence-corrected chi connectivity index (χ4v) is 3.12. The zero-order valence-electron chi connectivity index (χ0n) is 14.5. The predicted octanol–water partition coefficient (Wildman–Crippen LogP) is 2.61. The van der Waals surface area contributed by atoms with Crippen molar-refractivity contribution in [3.63, 3.8) is 0 Å². The van der Waals surface area contributed by atoms with Crippen molar-refractivity contribution in [3.05, 3.63) is 53.1 Å². The Morgan fingerprint density at radius 1 is 1.19 bits per heavy atom. The Hall–Kier alpha value is -2.35. The molecule has 1 aromatic carbocycles. The number of alkyl halides is 2. The van der Waals surface area contributed by atoms with E-state index in [0.29, 0.717) is 44.0 Å². The molecule has 0 spiro atoms. The number of carbonyl (C=O) groups is 1. The molecule has 0 atom stereocenters. The molecule has 1 fully saturated rings. The standard InChI is InChI=1S/C18H21F3N4O/c1-13-10-16(18(20)21)25(22-13)12-17(26)24-8-6-23(7-9-24)11-14-4-2-3-5-15(14)19/h2-5,10,18H,6-9,11-12H2,1H3. The van der Waals surface area contributed by atoms with Gasteiger partial charge in [-0.1, -0.05) is 18.2 Å². The minimum absolute atomic E-state index is 0.194. The van der Waals surface area contributed by atoms with Gasteiger partial charge in [0.2, 0.25) is 5.91 Å². The molecule has 0 bridgehead atoms. The predicted molar refractivity (Wildman–Crippen MR) is 90.2 cm³/mol. The van der Waals surface area contributed by atoms with Crippen molar-refractivity contribution in [1.29, 1.82) is 0 Å². The van der Waals surface area contributed by atoms with Gasteiger partial charge < -0.3 is 4.90 Å². The summed E-state index contributed by atoms with van der Waals surface area (Å²) in [6.07, 6.45) is -2.67. The lowest BCUT2D eigenvalue weighted by Crippen LogP contribution is -2.49. The molecule has 1 amide bonds. The van der Waals surface area contributed by atoms with E-state index in [1.807, 2.05) is 0 Å². The van der Waals surface area contributed by atoms with Crippen LogP contribution in [-0.2, 0) is 17.9 Å². The summed E-state index contributed by atoms with van der Waals surface area (Å²) in [4.78, 5) is 16.1. The van der Waals surface area contributed by atoms with Crippen molar-refractivity contribution in [2.24, 2.45) is 0 Å². The number of aryl methyl sites for hydroxylation is 1. The van der Waals surface area contributed by atoms with E-state index < -0.39 is 6.43 Å². The smallest absolute Gasteiger partial charge is 0.280 e. The number of rotatable bonds is 5. The van der Waals surface area contributed by atoms with E-state index in [1.54, 1.807) is 30.0 Å². The van der Waals surface area contributed by atoms with Crippen LogP contribution in [0.4, 0.5) is 13.2 Å². The monoisotopic (exact) mass is 366 g/mol. The second-order valence-corrected chi connectivity index (χ2v) is 6.42. The van der Waals surface area contributed by atoms with Gasteiger partial charge in [-0.2, -0.15) is 5.10 Å². The Labute approximate surface area is 150 Å². The molecule has 1 saturated heterocycles. The van der Waals surface area contributed by atoms with Gasteiger partial charge in [-0.05, 0) is 19.1 Å². The van der Waals surface area contributed by atoms with Gasteiger partial charge in [-0.3, -0.25) is 14.4 Å². The summed E-state index contributed by atoms with van der Waals surface area (Å²) < 4.78 is 40.8. The number of aromatic nitrogens is 2. The van der Waals surface area contributed by atoms with Crippen molar-refractivity contribution >= 4 is 5.91 Å². The number of hydrogen-bond donors (Lipinski definition) is 0. The lowest BCUT2D eigenvalue weighted by Gasteiger charge is -2.34. The van der Waals surface area contributed by atoms with Gasteiger partial charge in [0.25, 0.3) is 6.43 Å². The van der Waals surface area contributed by atoms with E-state index >= 15 is 0 Å². The second kappa shape index (κ2) is 7.90. The van der Waals surface area contributed by atoms with Gasteiger partial charge >= 0.3 is 0 Å². The highest BCUT2D eigenvalue weighted by Crippen LogP contribution is 2.20. The number of piperazine rings is 1. The summed E-state index contributed by atoms with van der Waals surface area (Å²) in [6.45, 7) is 4.10. The van der Waals surface area contributed by atoms with Crippen LogP contribution in [0.25, 0.3) is 0 Å². The Bertz CT molecular complexity index is 770. The Kier molecular flexibility index (Phi) is 5.61. The van der Waals surface area contributed by atoms with Gasteiger partial charge in [0.1, 0.15) is 18.1 Å². The van der Waals surface area contributed by atoms with Crippen LogP contribution in [0.1, 0.15) is 23.4 Å². The maximum Gasteiger partial charge on any atom is 0.280 e. The zero-order chi connectivity index (χ0) is 18.7. The maximum atomic E-state index is 13.7. The molecule has 1 aliphatic rings. The number of amides is 1.